The van der Waals surface area contributed by atoms with Crippen LogP contribution in [0.15, 0.2) is 42.9 Å². The van der Waals surface area contributed by atoms with Crippen molar-refractivity contribution in [2.45, 2.75) is 32.2 Å². The van der Waals surface area contributed by atoms with Crippen LogP contribution in [0.5, 0.6) is 0 Å². The summed E-state index contributed by atoms with van der Waals surface area (Å²) in [5.74, 6) is 1.06. The Labute approximate surface area is 171 Å². The quantitative estimate of drug-likeness (QED) is 0.444. The lowest BCUT2D eigenvalue weighted by Gasteiger charge is -2.26. The van der Waals surface area contributed by atoms with Crippen molar-refractivity contribution < 1.29 is 4.74 Å². The van der Waals surface area contributed by atoms with Gasteiger partial charge < -0.3 is 9.30 Å². The van der Waals surface area contributed by atoms with Gasteiger partial charge in [0.05, 0.1) is 22.9 Å². The van der Waals surface area contributed by atoms with E-state index in [-0.39, 0.29) is 0 Å². The molecule has 7 heteroatoms. The van der Waals surface area contributed by atoms with Crippen LogP contribution in [0.25, 0.3) is 26.9 Å². The Morgan fingerprint density at radius 2 is 1.97 bits per heavy atom. The maximum absolute atomic E-state index is 5.64. The molecule has 0 bridgehead atoms. The van der Waals surface area contributed by atoms with Crippen LogP contribution < -0.4 is 0 Å². The number of rotatable bonds is 3. The highest BCUT2D eigenvalue weighted by atomic mass is 32.1. The number of fused-ring (bicyclic) bond motifs is 4. The maximum atomic E-state index is 5.64. The fourth-order valence-corrected chi connectivity index (χ4v) is 5.27. The molecule has 0 atom stereocenters. The van der Waals surface area contributed by atoms with Crippen molar-refractivity contribution >= 4 is 38.2 Å². The van der Waals surface area contributed by atoms with Gasteiger partial charge in [-0.15, -0.1) is 11.3 Å². The second kappa shape index (κ2) is 6.64. The number of ether oxygens (including phenoxy) is 1. The second-order valence-electron chi connectivity index (χ2n) is 7.69. The number of thiazole rings is 1. The molecule has 5 aromatic rings. The van der Waals surface area contributed by atoms with Crippen LogP contribution in [0.1, 0.15) is 35.3 Å². The van der Waals surface area contributed by atoms with E-state index in [0.29, 0.717) is 12.5 Å². The summed E-state index contributed by atoms with van der Waals surface area (Å²) in [4.78, 5) is 16.8. The lowest BCUT2D eigenvalue weighted by Crippen LogP contribution is -2.21. The Morgan fingerprint density at radius 1 is 1.10 bits per heavy atom. The molecule has 1 saturated heterocycles. The van der Waals surface area contributed by atoms with E-state index in [9.17, 15) is 0 Å². The van der Waals surface area contributed by atoms with Crippen molar-refractivity contribution in [1.82, 2.24) is 23.9 Å². The number of para-hydroxylation sites is 1. The van der Waals surface area contributed by atoms with Gasteiger partial charge in [-0.1, -0.05) is 18.2 Å². The van der Waals surface area contributed by atoms with Gasteiger partial charge in [0.1, 0.15) is 11.3 Å². The third-order valence-corrected chi connectivity index (χ3v) is 6.62. The van der Waals surface area contributed by atoms with Crippen molar-refractivity contribution in [3.8, 4) is 0 Å². The predicted octanol–water partition coefficient (Wildman–Crippen LogP) is 4.54. The highest BCUT2D eigenvalue weighted by Gasteiger charge is 2.24. The number of benzene rings is 1. The smallest absolute Gasteiger partial charge is 0.194 e. The first kappa shape index (κ1) is 17.1. The van der Waals surface area contributed by atoms with E-state index >= 15 is 0 Å². The van der Waals surface area contributed by atoms with Crippen LogP contribution in [-0.4, -0.2) is 37.1 Å². The average molecular weight is 404 g/mol. The summed E-state index contributed by atoms with van der Waals surface area (Å²) in [5.41, 5.74) is 4.21. The van der Waals surface area contributed by atoms with Gasteiger partial charge in [0.25, 0.3) is 0 Å². The molecular weight excluding hydrogens is 382 g/mol. The van der Waals surface area contributed by atoms with Gasteiger partial charge >= 0.3 is 0 Å². The largest absolute Gasteiger partial charge is 0.381 e. The molecule has 1 aromatic carbocycles. The number of aromatic nitrogens is 5. The summed E-state index contributed by atoms with van der Waals surface area (Å²) in [6, 6.07) is 8.73. The van der Waals surface area contributed by atoms with Crippen molar-refractivity contribution in [1.29, 1.82) is 0 Å². The fourth-order valence-electron chi connectivity index (χ4n) is 4.44. The molecule has 0 N–H and O–H groups in total. The highest BCUT2D eigenvalue weighted by Crippen LogP contribution is 2.32. The molecule has 0 spiro atoms. The van der Waals surface area contributed by atoms with Gasteiger partial charge in [-0.25, -0.2) is 9.97 Å². The number of nitrogens with zero attached hydrogens (tertiary/aromatic N) is 5. The molecule has 4 aromatic heterocycles. The third-order valence-electron chi connectivity index (χ3n) is 5.71. The minimum absolute atomic E-state index is 0.389. The third kappa shape index (κ3) is 2.84. The second-order valence-corrected chi connectivity index (χ2v) is 8.90. The van der Waals surface area contributed by atoms with E-state index in [2.05, 4.69) is 51.5 Å². The van der Waals surface area contributed by atoms with Gasteiger partial charge in [0, 0.05) is 48.3 Å². The van der Waals surface area contributed by atoms with E-state index in [1.807, 2.05) is 12.3 Å². The number of pyridine rings is 1. The Morgan fingerprint density at radius 3 is 2.83 bits per heavy atom. The topological polar surface area (TPSA) is 57.2 Å². The molecule has 0 saturated carbocycles. The minimum Gasteiger partial charge on any atom is -0.381 e. The Kier molecular flexibility index (Phi) is 3.92. The standard InChI is InChI=1S/C22H21N5OS/c1-14-12-26-13-15(24-22(26)29-14)10-20-25-19-11-23-18-5-3-2-4-17(18)21(19)27(20)16-6-8-28-9-7-16/h2-5,11-13,16H,6-10H2,1H3. The van der Waals surface area contributed by atoms with Crippen molar-refractivity contribution in [2.75, 3.05) is 13.2 Å². The zero-order chi connectivity index (χ0) is 19.4. The summed E-state index contributed by atoms with van der Waals surface area (Å²) in [5, 5.41) is 1.16. The SMILES string of the molecule is Cc1cn2cc(Cc3nc4cnc5ccccc5c4n3C3CCOCC3)nc2s1. The van der Waals surface area contributed by atoms with Crippen LogP contribution in [-0.2, 0) is 11.2 Å². The number of imidazole rings is 2. The summed E-state index contributed by atoms with van der Waals surface area (Å²) in [6.07, 6.45) is 8.90. The Hall–Kier alpha value is -2.77. The predicted molar refractivity (Wildman–Crippen MR) is 115 cm³/mol. The number of hydrogen-bond acceptors (Lipinski definition) is 5. The molecule has 1 aliphatic heterocycles. The maximum Gasteiger partial charge on any atom is 0.194 e. The zero-order valence-electron chi connectivity index (χ0n) is 16.2. The van der Waals surface area contributed by atoms with E-state index in [0.717, 1.165) is 59.0 Å². The van der Waals surface area contributed by atoms with Gasteiger partial charge in [-0.3, -0.25) is 9.38 Å². The fraction of sp³-hybridized carbons (Fsp3) is 0.318. The molecule has 29 heavy (non-hydrogen) atoms. The molecule has 5 heterocycles. The van der Waals surface area contributed by atoms with E-state index in [1.165, 1.54) is 10.4 Å². The van der Waals surface area contributed by atoms with Gasteiger partial charge in [0.15, 0.2) is 4.96 Å². The first-order chi connectivity index (χ1) is 14.3. The first-order valence-corrected chi connectivity index (χ1v) is 10.8. The first-order valence-electron chi connectivity index (χ1n) is 10.0. The summed E-state index contributed by atoms with van der Waals surface area (Å²) in [7, 11) is 0. The number of hydrogen-bond donors (Lipinski definition) is 0. The van der Waals surface area contributed by atoms with Crippen molar-refractivity contribution in [3.63, 3.8) is 0 Å². The van der Waals surface area contributed by atoms with Crippen molar-refractivity contribution in [3.05, 3.63) is 59.3 Å². The molecule has 1 fully saturated rings. The lowest BCUT2D eigenvalue weighted by atomic mass is 10.1. The summed E-state index contributed by atoms with van der Waals surface area (Å²) < 4.78 is 10.2. The van der Waals surface area contributed by atoms with Crippen LogP contribution in [0.3, 0.4) is 0 Å². The lowest BCUT2D eigenvalue weighted by molar-refractivity contribution is 0.0700. The van der Waals surface area contributed by atoms with Gasteiger partial charge in [-0.2, -0.15) is 0 Å². The van der Waals surface area contributed by atoms with Crippen LogP contribution >= 0.6 is 11.3 Å². The van der Waals surface area contributed by atoms with E-state index in [1.54, 1.807) is 11.3 Å². The van der Waals surface area contributed by atoms with Crippen molar-refractivity contribution in [2.24, 2.45) is 0 Å². The Balaban J connectivity index is 1.53. The zero-order valence-corrected chi connectivity index (χ0v) is 17.0. The average Bonchev–Trinajstić information content (AvgIpc) is 3.39. The molecular formula is C22H21N5OS. The van der Waals surface area contributed by atoms with E-state index < -0.39 is 0 Å². The molecule has 0 radical (unpaired) electrons. The molecule has 6 rings (SSSR count). The number of aryl methyl sites for hydroxylation is 1. The van der Waals surface area contributed by atoms with E-state index in [4.69, 9.17) is 14.7 Å². The molecule has 0 aliphatic carbocycles. The van der Waals surface area contributed by atoms with Crippen LogP contribution in [0.4, 0.5) is 0 Å². The molecule has 0 amide bonds. The molecule has 6 nitrogen and oxygen atoms in total. The Bertz CT molecular complexity index is 1310. The molecule has 1 aliphatic rings. The van der Waals surface area contributed by atoms with Crippen LogP contribution in [0, 0.1) is 6.92 Å². The van der Waals surface area contributed by atoms with Gasteiger partial charge in [-0.05, 0) is 25.8 Å². The molecule has 0 unspecified atom stereocenters. The highest BCUT2D eigenvalue weighted by molar-refractivity contribution is 7.16. The summed E-state index contributed by atoms with van der Waals surface area (Å²) in [6.45, 7) is 3.71. The minimum atomic E-state index is 0.389. The normalized spacial score (nSPS) is 15.8. The van der Waals surface area contributed by atoms with Crippen LogP contribution in [0.2, 0.25) is 0 Å². The van der Waals surface area contributed by atoms with Gasteiger partial charge in [0.2, 0.25) is 0 Å². The summed E-state index contributed by atoms with van der Waals surface area (Å²) >= 11 is 1.72. The monoisotopic (exact) mass is 403 g/mol. The molecule has 146 valence electrons.